The molecule has 0 N–H and O–H groups in total. The van der Waals surface area contributed by atoms with Gasteiger partial charge in [-0.1, -0.05) is 20.8 Å². The Balaban J connectivity index is 3.38. The highest BCUT2D eigenvalue weighted by Gasteiger charge is 1.84. The molecule has 42 valence electrons. The minimum Gasteiger partial charge on any atom is -0.107 e. The molecular weight excluding hydrogens is 100 g/mol. The minimum absolute atomic E-state index is 0.0123. The third-order valence-corrected chi connectivity index (χ3v) is 3.95. The topological polar surface area (TPSA) is 0 Å². The Morgan fingerprint density at radius 2 is 1.71 bits per heavy atom. The van der Waals surface area contributed by atoms with E-state index in [2.05, 4.69) is 26.4 Å². The van der Waals surface area contributed by atoms with Crippen molar-refractivity contribution in [3.63, 3.8) is 0 Å². The summed E-state index contributed by atoms with van der Waals surface area (Å²) in [5, 5.41) is 0. The molecule has 0 aliphatic heterocycles. The number of rotatable bonds is 2. The lowest BCUT2D eigenvalue weighted by Crippen LogP contribution is -1.96. The summed E-state index contributed by atoms with van der Waals surface area (Å²) in [4.78, 5) is 0. The van der Waals surface area contributed by atoms with Crippen LogP contribution in [-0.2, 0) is 0 Å². The van der Waals surface area contributed by atoms with Gasteiger partial charge in [0.25, 0.3) is 0 Å². The third-order valence-electron chi connectivity index (χ3n) is 1.32. The lowest BCUT2D eigenvalue weighted by molar-refractivity contribution is 1.35. The van der Waals surface area contributed by atoms with Gasteiger partial charge in [0, 0.05) is 8.41 Å². The standard InChI is InChI=1S/C6H14Si/c1-4-7(5-2)6-3/h4H,5-6H2,1-3H3. The van der Waals surface area contributed by atoms with Crippen LogP contribution in [0.15, 0.2) is 0 Å². The number of hydrogen-bond acceptors (Lipinski definition) is 0. The predicted molar refractivity (Wildman–Crippen MR) is 38.5 cm³/mol. The van der Waals surface area contributed by atoms with Gasteiger partial charge in [-0.15, -0.1) is 5.67 Å². The van der Waals surface area contributed by atoms with E-state index in [4.69, 9.17) is 0 Å². The molecule has 0 radical (unpaired) electrons. The van der Waals surface area contributed by atoms with Crippen molar-refractivity contribution in [1.29, 1.82) is 0 Å². The van der Waals surface area contributed by atoms with Crippen LogP contribution in [0.4, 0.5) is 0 Å². The first-order valence-electron chi connectivity index (χ1n) is 2.99. The molecule has 1 heteroatoms. The van der Waals surface area contributed by atoms with Crippen molar-refractivity contribution < 1.29 is 0 Å². The predicted octanol–water partition coefficient (Wildman–Crippen LogP) is 1.92. The maximum absolute atomic E-state index is 2.38. The molecule has 0 nitrogen and oxygen atoms in total. The van der Waals surface area contributed by atoms with Crippen molar-refractivity contribution in [3.8, 4) is 0 Å². The Morgan fingerprint density at radius 3 is 1.71 bits per heavy atom. The van der Waals surface area contributed by atoms with Crippen LogP contribution in [0.2, 0.25) is 12.1 Å². The van der Waals surface area contributed by atoms with Gasteiger partial charge in [-0.3, -0.25) is 0 Å². The fourth-order valence-corrected chi connectivity index (χ4v) is 1.97. The molecule has 0 aromatic rings. The summed E-state index contributed by atoms with van der Waals surface area (Å²) in [6, 6.07) is 2.80. The molecular formula is C6H14Si. The SMILES string of the molecule is CC=[Si](CC)CC. The monoisotopic (exact) mass is 114 g/mol. The molecule has 0 bridgehead atoms. The van der Waals surface area contributed by atoms with Crippen LogP contribution in [0, 0.1) is 0 Å². The lowest BCUT2D eigenvalue weighted by Gasteiger charge is -1.91. The van der Waals surface area contributed by atoms with E-state index in [-0.39, 0.29) is 8.41 Å². The largest absolute Gasteiger partial charge is 0.107 e. The van der Waals surface area contributed by atoms with Gasteiger partial charge in [-0.25, -0.2) is 0 Å². The van der Waals surface area contributed by atoms with Gasteiger partial charge in [-0.05, 0) is 12.1 Å². The maximum Gasteiger partial charge on any atom is 0.00447 e. The smallest absolute Gasteiger partial charge is 0.00447 e. The van der Waals surface area contributed by atoms with Gasteiger partial charge in [0.05, 0.1) is 0 Å². The van der Waals surface area contributed by atoms with Crippen LogP contribution in [0.5, 0.6) is 0 Å². The van der Waals surface area contributed by atoms with Gasteiger partial charge in [0.15, 0.2) is 0 Å². The fraction of sp³-hybridized carbons (Fsp3) is 0.833. The minimum atomic E-state index is 0.0123. The molecule has 0 amide bonds. The van der Waals surface area contributed by atoms with E-state index in [9.17, 15) is 0 Å². The second-order valence-corrected chi connectivity index (χ2v) is 4.96. The first-order valence-corrected chi connectivity index (χ1v) is 4.98. The van der Waals surface area contributed by atoms with Crippen LogP contribution in [0.1, 0.15) is 20.8 Å². The number of hydrogen-bond donors (Lipinski definition) is 0. The van der Waals surface area contributed by atoms with Gasteiger partial charge in [0.1, 0.15) is 0 Å². The summed E-state index contributed by atoms with van der Waals surface area (Å²) in [7, 11) is 0.0123. The van der Waals surface area contributed by atoms with Gasteiger partial charge in [0.2, 0.25) is 0 Å². The Bertz CT molecular complexity index is 58.6. The molecule has 0 aromatic heterocycles. The Labute approximate surface area is 47.8 Å². The second-order valence-electron chi connectivity index (χ2n) is 1.65. The zero-order valence-electron chi connectivity index (χ0n) is 5.49. The highest BCUT2D eigenvalue weighted by atomic mass is 28.2. The molecule has 0 saturated heterocycles. The molecule has 0 rings (SSSR count). The maximum atomic E-state index is 2.38. The van der Waals surface area contributed by atoms with Crippen molar-refractivity contribution in [1.82, 2.24) is 0 Å². The summed E-state index contributed by atoms with van der Waals surface area (Å²) < 4.78 is 0. The lowest BCUT2D eigenvalue weighted by atomic mass is 10.9. The van der Waals surface area contributed by atoms with E-state index in [0.29, 0.717) is 0 Å². The van der Waals surface area contributed by atoms with Crippen LogP contribution in [-0.4, -0.2) is 14.1 Å². The Kier molecular flexibility index (Phi) is 4.30. The van der Waals surface area contributed by atoms with Crippen molar-refractivity contribution >= 4 is 14.1 Å². The quantitative estimate of drug-likeness (QED) is 0.481. The van der Waals surface area contributed by atoms with Crippen molar-refractivity contribution in [2.45, 2.75) is 32.9 Å². The zero-order chi connectivity index (χ0) is 5.70. The van der Waals surface area contributed by atoms with Crippen molar-refractivity contribution in [2.75, 3.05) is 0 Å². The van der Waals surface area contributed by atoms with Gasteiger partial charge >= 0.3 is 0 Å². The summed E-state index contributed by atoms with van der Waals surface area (Å²) >= 11 is 0. The molecule has 0 spiro atoms. The fourth-order valence-electron chi connectivity index (χ4n) is 0.658. The molecule has 7 heavy (non-hydrogen) atoms. The van der Waals surface area contributed by atoms with Crippen molar-refractivity contribution in [2.24, 2.45) is 0 Å². The summed E-state index contributed by atoms with van der Waals surface area (Å²) in [6.45, 7) is 6.73. The zero-order valence-corrected chi connectivity index (χ0v) is 6.49. The van der Waals surface area contributed by atoms with Crippen LogP contribution < -0.4 is 0 Å². The van der Waals surface area contributed by atoms with E-state index >= 15 is 0 Å². The first-order chi connectivity index (χ1) is 3.35. The molecule has 0 aliphatic carbocycles. The van der Waals surface area contributed by atoms with E-state index in [1.165, 1.54) is 12.1 Å². The van der Waals surface area contributed by atoms with E-state index in [1.807, 2.05) is 0 Å². The summed E-state index contributed by atoms with van der Waals surface area (Å²) in [5.41, 5.74) is 2.38. The first kappa shape index (κ1) is 7.09. The molecule has 0 aromatic carbocycles. The Morgan fingerprint density at radius 1 is 1.29 bits per heavy atom. The molecule has 0 aliphatic rings. The van der Waals surface area contributed by atoms with Crippen molar-refractivity contribution in [3.05, 3.63) is 0 Å². The average molecular weight is 114 g/mol. The molecule has 0 unspecified atom stereocenters. The normalized spacial score (nSPS) is 8.43. The molecule has 0 heterocycles. The summed E-state index contributed by atoms with van der Waals surface area (Å²) in [6.07, 6.45) is 0. The van der Waals surface area contributed by atoms with Crippen LogP contribution in [0.3, 0.4) is 0 Å². The van der Waals surface area contributed by atoms with Gasteiger partial charge < -0.3 is 0 Å². The average Bonchev–Trinajstić information content (AvgIpc) is 1.72. The highest BCUT2D eigenvalue weighted by molar-refractivity contribution is 6.65. The van der Waals surface area contributed by atoms with Gasteiger partial charge in [-0.2, -0.15) is 0 Å². The summed E-state index contributed by atoms with van der Waals surface area (Å²) in [5.74, 6) is 0. The molecule has 0 fully saturated rings. The Hall–Kier alpha value is 0.0869. The third kappa shape index (κ3) is 2.74. The van der Waals surface area contributed by atoms with Crippen LogP contribution >= 0.6 is 0 Å². The van der Waals surface area contributed by atoms with E-state index < -0.39 is 0 Å². The van der Waals surface area contributed by atoms with Crippen LogP contribution in [0.25, 0.3) is 0 Å². The molecule has 0 atom stereocenters. The highest BCUT2D eigenvalue weighted by Crippen LogP contribution is 1.85. The second kappa shape index (κ2) is 4.25. The van der Waals surface area contributed by atoms with E-state index in [0.717, 1.165) is 0 Å². The van der Waals surface area contributed by atoms with E-state index in [1.54, 1.807) is 0 Å². The molecule has 0 saturated carbocycles.